The van der Waals surface area contributed by atoms with Crippen LogP contribution in [0.1, 0.15) is 12.5 Å². The number of benzene rings is 2. The molecule has 1 amide bonds. The summed E-state index contributed by atoms with van der Waals surface area (Å²) in [6.45, 7) is 6.89. The van der Waals surface area contributed by atoms with Crippen molar-refractivity contribution >= 4 is 23.6 Å². The normalized spacial score (nSPS) is 13.5. The lowest BCUT2D eigenvalue weighted by Gasteiger charge is -2.28. The molecule has 3 aromatic rings. The lowest BCUT2D eigenvalue weighted by molar-refractivity contribution is -0.118. The van der Waals surface area contributed by atoms with Gasteiger partial charge in [0.05, 0.1) is 38.7 Å². The number of aromatic nitrogens is 3. The molecule has 0 bridgehead atoms. The van der Waals surface area contributed by atoms with E-state index in [0.717, 1.165) is 41.3 Å². The molecule has 1 aliphatic rings. The Morgan fingerprint density at radius 1 is 1.03 bits per heavy atom. The van der Waals surface area contributed by atoms with Gasteiger partial charge in [-0.05, 0) is 36.8 Å². The molecule has 0 spiro atoms. The summed E-state index contributed by atoms with van der Waals surface area (Å²) < 4.78 is 18.7. The van der Waals surface area contributed by atoms with Gasteiger partial charge in [-0.25, -0.2) is 0 Å². The Labute approximate surface area is 209 Å². The van der Waals surface area contributed by atoms with Gasteiger partial charge < -0.3 is 24.4 Å². The molecule has 0 atom stereocenters. The summed E-state index contributed by atoms with van der Waals surface area (Å²) in [7, 11) is 0. The highest BCUT2D eigenvalue weighted by molar-refractivity contribution is 7.99. The van der Waals surface area contributed by atoms with Gasteiger partial charge in [0, 0.05) is 13.1 Å². The number of thioether (sulfide) groups is 1. The Morgan fingerprint density at radius 3 is 2.46 bits per heavy atom. The maximum Gasteiger partial charge on any atom is 0.230 e. The van der Waals surface area contributed by atoms with Crippen LogP contribution in [0.3, 0.4) is 0 Å². The first-order valence-electron chi connectivity index (χ1n) is 11.8. The van der Waals surface area contributed by atoms with Crippen LogP contribution in [0.25, 0.3) is 0 Å². The molecule has 1 fully saturated rings. The molecule has 186 valence electrons. The average Bonchev–Trinajstić information content (AvgIpc) is 3.30. The van der Waals surface area contributed by atoms with Crippen LogP contribution in [0.2, 0.25) is 0 Å². The van der Waals surface area contributed by atoms with Crippen molar-refractivity contribution in [3.05, 3.63) is 60.2 Å². The largest absolute Gasteiger partial charge is 0.494 e. The van der Waals surface area contributed by atoms with E-state index in [2.05, 4.69) is 37.1 Å². The van der Waals surface area contributed by atoms with E-state index in [1.165, 1.54) is 11.8 Å². The van der Waals surface area contributed by atoms with Crippen LogP contribution in [0.5, 0.6) is 11.5 Å². The zero-order valence-corrected chi connectivity index (χ0v) is 20.7. The molecule has 1 aromatic heterocycles. The van der Waals surface area contributed by atoms with E-state index in [4.69, 9.17) is 14.2 Å². The Bertz CT molecular complexity index is 1060. The third-order valence-electron chi connectivity index (χ3n) is 5.33. The molecule has 4 rings (SSSR count). The predicted octanol–water partition coefficient (Wildman–Crippen LogP) is 2.85. The molecule has 0 unspecified atom stereocenters. The van der Waals surface area contributed by atoms with Crippen molar-refractivity contribution in [3.8, 4) is 11.5 Å². The number of hydrogen-bond donors (Lipinski definition) is 1. The molecular formula is C25H31N5O4S. The number of anilines is 1. The topological polar surface area (TPSA) is 90.7 Å². The number of morpholine rings is 1. The minimum absolute atomic E-state index is 0.0764. The second kappa shape index (κ2) is 13.0. The minimum Gasteiger partial charge on any atom is -0.494 e. The van der Waals surface area contributed by atoms with Crippen molar-refractivity contribution in [3.63, 3.8) is 0 Å². The van der Waals surface area contributed by atoms with Crippen LogP contribution in [0.4, 0.5) is 5.95 Å². The second-order valence-electron chi connectivity index (χ2n) is 7.85. The highest BCUT2D eigenvalue weighted by atomic mass is 32.2. The van der Waals surface area contributed by atoms with Gasteiger partial charge in [0.1, 0.15) is 18.1 Å². The Hall–Kier alpha value is -3.24. The van der Waals surface area contributed by atoms with E-state index < -0.39 is 0 Å². The summed E-state index contributed by atoms with van der Waals surface area (Å²) in [5.74, 6) is 2.53. The Morgan fingerprint density at radius 2 is 1.74 bits per heavy atom. The van der Waals surface area contributed by atoms with E-state index >= 15 is 0 Å². The Kier molecular flexibility index (Phi) is 9.24. The summed E-state index contributed by atoms with van der Waals surface area (Å²) in [4.78, 5) is 14.6. The van der Waals surface area contributed by atoms with Crippen molar-refractivity contribution in [2.24, 2.45) is 0 Å². The molecule has 1 N–H and O–H groups in total. The van der Waals surface area contributed by atoms with Crippen molar-refractivity contribution in [2.75, 3.05) is 56.7 Å². The first-order chi connectivity index (χ1) is 17.2. The zero-order valence-electron chi connectivity index (χ0n) is 19.9. The molecule has 0 saturated carbocycles. The quantitative estimate of drug-likeness (QED) is 0.302. The van der Waals surface area contributed by atoms with Gasteiger partial charge in [-0.3, -0.25) is 9.36 Å². The monoisotopic (exact) mass is 497 g/mol. The zero-order chi connectivity index (χ0) is 24.3. The highest BCUT2D eigenvalue weighted by Crippen LogP contribution is 2.24. The van der Waals surface area contributed by atoms with Crippen LogP contribution in [0, 0.1) is 0 Å². The van der Waals surface area contributed by atoms with Gasteiger partial charge in [0.2, 0.25) is 11.9 Å². The van der Waals surface area contributed by atoms with Gasteiger partial charge in [-0.2, -0.15) is 0 Å². The van der Waals surface area contributed by atoms with E-state index in [1.54, 1.807) is 0 Å². The summed E-state index contributed by atoms with van der Waals surface area (Å²) in [5.41, 5.74) is 1.15. The predicted molar refractivity (Wildman–Crippen MR) is 135 cm³/mol. The summed E-state index contributed by atoms with van der Waals surface area (Å²) in [5, 5.41) is 12.5. The molecule has 1 aliphatic heterocycles. The van der Waals surface area contributed by atoms with Crippen LogP contribution in [-0.4, -0.2) is 72.5 Å². The van der Waals surface area contributed by atoms with Crippen molar-refractivity contribution in [1.82, 2.24) is 20.1 Å². The fraction of sp³-hybridized carbons (Fsp3) is 0.400. The number of amides is 1. The third-order valence-corrected chi connectivity index (χ3v) is 6.30. The number of nitrogens with zero attached hydrogens (tertiary/aromatic N) is 4. The standard InChI is InChI=1S/C25H31N5O4S/c1-2-33-21-8-10-22(11-9-21)34-15-12-26-23(31)19-35-25-28-27-24(29-13-16-32-17-14-29)30(25)18-20-6-4-3-5-7-20/h3-11H,2,12-19H2,1H3,(H,26,31). The van der Waals surface area contributed by atoms with E-state index in [0.29, 0.717) is 39.5 Å². The molecule has 35 heavy (non-hydrogen) atoms. The Balaban J connectivity index is 1.28. The fourth-order valence-electron chi connectivity index (χ4n) is 3.63. The number of rotatable bonds is 12. The van der Waals surface area contributed by atoms with Crippen LogP contribution < -0.4 is 19.7 Å². The van der Waals surface area contributed by atoms with Crippen molar-refractivity contribution in [1.29, 1.82) is 0 Å². The molecule has 10 heteroatoms. The van der Waals surface area contributed by atoms with E-state index in [1.807, 2.05) is 49.4 Å². The number of nitrogens with one attached hydrogen (secondary N) is 1. The fourth-order valence-corrected chi connectivity index (χ4v) is 4.39. The average molecular weight is 498 g/mol. The molecule has 9 nitrogen and oxygen atoms in total. The number of hydrogen-bond acceptors (Lipinski definition) is 8. The highest BCUT2D eigenvalue weighted by Gasteiger charge is 2.21. The van der Waals surface area contributed by atoms with Crippen LogP contribution in [-0.2, 0) is 16.1 Å². The maximum atomic E-state index is 12.4. The second-order valence-corrected chi connectivity index (χ2v) is 8.79. The third kappa shape index (κ3) is 7.37. The molecule has 2 aromatic carbocycles. The lowest BCUT2D eigenvalue weighted by Crippen LogP contribution is -2.38. The summed E-state index contributed by atoms with van der Waals surface area (Å²) in [6, 6.07) is 17.6. The minimum atomic E-state index is -0.0764. The summed E-state index contributed by atoms with van der Waals surface area (Å²) in [6.07, 6.45) is 0. The number of ether oxygens (including phenoxy) is 3. The first kappa shape index (κ1) is 24.9. The maximum absolute atomic E-state index is 12.4. The van der Waals surface area contributed by atoms with Crippen LogP contribution >= 0.6 is 11.8 Å². The number of carbonyl (C=O) groups excluding carboxylic acids is 1. The van der Waals surface area contributed by atoms with Gasteiger partial charge in [-0.15, -0.1) is 10.2 Å². The van der Waals surface area contributed by atoms with Gasteiger partial charge in [-0.1, -0.05) is 42.1 Å². The number of carbonyl (C=O) groups is 1. The summed E-state index contributed by atoms with van der Waals surface area (Å²) >= 11 is 1.38. The van der Waals surface area contributed by atoms with Gasteiger partial charge >= 0.3 is 0 Å². The van der Waals surface area contributed by atoms with Crippen LogP contribution in [0.15, 0.2) is 59.8 Å². The molecule has 2 heterocycles. The molecule has 0 aliphatic carbocycles. The first-order valence-corrected chi connectivity index (χ1v) is 12.8. The SMILES string of the molecule is CCOc1ccc(OCCNC(=O)CSc2nnc(N3CCOCC3)n2Cc2ccccc2)cc1. The van der Waals surface area contributed by atoms with Crippen molar-refractivity contribution in [2.45, 2.75) is 18.6 Å². The molecule has 1 saturated heterocycles. The van der Waals surface area contributed by atoms with E-state index in [9.17, 15) is 4.79 Å². The van der Waals surface area contributed by atoms with Crippen molar-refractivity contribution < 1.29 is 19.0 Å². The van der Waals surface area contributed by atoms with Gasteiger partial charge in [0.15, 0.2) is 5.16 Å². The smallest absolute Gasteiger partial charge is 0.230 e. The molecular weight excluding hydrogens is 466 g/mol. The van der Waals surface area contributed by atoms with Gasteiger partial charge in [0.25, 0.3) is 0 Å². The van der Waals surface area contributed by atoms with E-state index in [-0.39, 0.29) is 11.7 Å². The lowest BCUT2D eigenvalue weighted by atomic mass is 10.2. The molecule has 0 radical (unpaired) electrons.